The van der Waals surface area contributed by atoms with E-state index in [2.05, 4.69) is 17.0 Å². The minimum Gasteiger partial charge on any atom is -0.312 e. The Balaban J connectivity index is 2.14. The summed E-state index contributed by atoms with van der Waals surface area (Å²) in [6.45, 7) is 5.51. The first-order valence-electron chi connectivity index (χ1n) is 6.84. The van der Waals surface area contributed by atoms with Crippen molar-refractivity contribution in [2.45, 2.75) is 57.0 Å². The number of sulfonamides is 1. The molecule has 0 radical (unpaired) electrons. The number of hydrogen-bond donors (Lipinski definition) is 2. The zero-order valence-electron chi connectivity index (χ0n) is 11.5. The van der Waals surface area contributed by atoms with Crippen LogP contribution in [-0.2, 0) is 16.6 Å². The maximum atomic E-state index is 12.4. The van der Waals surface area contributed by atoms with Gasteiger partial charge in [-0.05, 0) is 43.7 Å². The highest BCUT2D eigenvalue weighted by Gasteiger charge is 2.28. The average molecular weight is 302 g/mol. The van der Waals surface area contributed by atoms with E-state index in [1.165, 1.54) is 11.3 Å². The van der Waals surface area contributed by atoms with Gasteiger partial charge in [-0.2, -0.15) is 0 Å². The van der Waals surface area contributed by atoms with Crippen molar-refractivity contribution in [2.24, 2.45) is 0 Å². The number of thiophene rings is 1. The zero-order valence-corrected chi connectivity index (χ0v) is 13.2. The summed E-state index contributed by atoms with van der Waals surface area (Å²) in [4.78, 5) is 1.41. The Labute approximate surface area is 119 Å². The van der Waals surface area contributed by atoms with Crippen LogP contribution in [0.3, 0.4) is 0 Å². The summed E-state index contributed by atoms with van der Waals surface area (Å²) < 4.78 is 27.7. The van der Waals surface area contributed by atoms with E-state index in [-0.39, 0.29) is 6.04 Å². The first kappa shape index (κ1) is 15.0. The van der Waals surface area contributed by atoms with Gasteiger partial charge in [0.05, 0.1) is 0 Å². The minimum absolute atomic E-state index is 0.140. The molecule has 0 bridgehead atoms. The van der Waals surface area contributed by atoms with E-state index in [4.69, 9.17) is 0 Å². The lowest BCUT2D eigenvalue weighted by Gasteiger charge is -2.26. The van der Waals surface area contributed by atoms with Gasteiger partial charge < -0.3 is 5.32 Å². The second kappa shape index (κ2) is 6.35. The highest BCUT2D eigenvalue weighted by atomic mass is 32.2. The van der Waals surface area contributed by atoms with Crippen molar-refractivity contribution in [2.75, 3.05) is 6.54 Å². The molecule has 0 atom stereocenters. The summed E-state index contributed by atoms with van der Waals surface area (Å²) >= 11 is 1.52. The van der Waals surface area contributed by atoms with Crippen molar-refractivity contribution in [3.05, 3.63) is 15.8 Å². The third-order valence-electron chi connectivity index (χ3n) is 3.40. The van der Waals surface area contributed by atoms with Crippen molar-refractivity contribution in [1.29, 1.82) is 0 Å². The number of nitrogens with one attached hydrogen (secondary N) is 2. The highest BCUT2D eigenvalue weighted by molar-refractivity contribution is 7.89. The third-order valence-corrected chi connectivity index (χ3v) is 6.38. The summed E-state index contributed by atoms with van der Waals surface area (Å²) in [5, 5.41) is 5.21. The van der Waals surface area contributed by atoms with Gasteiger partial charge in [0, 0.05) is 17.5 Å². The van der Waals surface area contributed by atoms with E-state index in [0.717, 1.165) is 42.7 Å². The van der Waals surface area contributed by atoms with Crippen LogP contribution < -0.4 is 10.0 Å². The number of aryl methyl sites for hydroxylation is 1. The molecule has 4 nitrogen and oxygen atoms in total. The summed E-state index contributed by atoms with van der Waals surface area (Å²) in [6, 6.07) is 0.140. The Hall–Kier alpha value is -0.430. The lowest BCUT2D eigenvalue weighted by atomic mass is 9.94. The van der Waals surface area contributed by atoms with Crippen LogP contribution >= 0.6 is 11.3 Å². The van der Waals surface area contributed by atoms with Gasteiger partial charge in [0.25, 0.3) is 0 Å². The topological polar surface area (TPSA) is 58.2 Å². The van der Waals surface area contributed by atoms with Gasteiger partial charge in [-0.1, -0.05) is 13.3 Å². The van der Waals surface area contributed by atoms with E-state index in [1.54, 1.807) is 0 Å². The first-order valence-corrected chi connectivity index (χ1v) is 9.21. The zero-order chi connectivity index (χ0) is 13.9. The molecule has 108 valence electrons. The maximum absolute atomic E-state index is 12.4. The standard InChI is InChI=1S/C13H22N2O2S2/c1-3-7-14-8-12-13(10(2)9-18-12)19(16,17)15-11-5-4-6-11/h9,11,14-15H,3-8H2,1-2H3. The SMILES string of the molecule is CCCNCc1scc(C)c1S(=O)(=O)NC1CCC1. The van der Waals surface area contributed by atoms with E-state index in [1.807, 2.05) is 12.3 Å². The van der Waals surface area contributed by atoms with Gasteiger partial charge in [-0.25, -0.2) is 13.1 Å². The predicted octanol–water partition coefficient (Wildman–Crippen LogP) is 2.39. The molecule has 1 aromatic rings. The Kier molecular flexibility index (Phi) is 5.00. The van der Waals surface area contributed by atoms with Gasteiger partial charge in [0.15, 0.2) is 0 Å². The van der Waals surface area contributed by atoms with Crippen molar-refractivity contribution >= 4 is 21.4 Å². The lowest BCUT2D eigenvalue weighted by molar-refractivity contribution is 0.383. The Morgan fingerprint density at radius 2 is 2.16 bits per heavy atom. The molecule has 0 spiro atoms. The molecule has 2 rings (SSSR count). The predicted molar refractivity (Wildman–Crippen MR) is 79.0 cm³/mol. The van der Waals surface area contributed by atoms with Crippen molar-refractivity contribution in [1.82, 2.24) is 10.0 Å². The van der Waals surface area contributed by atoms with Crippen molar-refractivity contribution in [3.8, 4) is 0 Å². The fraction of sp³-hybridized carbons (Fsp3) is 0.692. The Bertz CT molecular complexity index is 519. The molecule has 0 saturated heterocycles. The van der Waals surface area contributed by atoms with Gasteiger partial charge >= 0.3 is 0 Å². The highest BCUT2D eigenvalue weighted by Crippen LogP contribution is 2.28. The van der Waals surface area contributed by atoms with Gasteiger partial charge in [0.1, 0.15) is 4.90 Å². The van der Waals surface area contributed by atoms with Crippen LogP contribution in [0, 0.1) is 6.92 Å². The summed E-state index contributed by atoms with van der Waals surface area (Å²) in [5.74, 6) is 0. The van der Waals surface area contributed by atoms with Crippen LogP contribution in [0.15, 0.2) is 10.3 Å². The van der Waals surface area contributed by atoms with Gasteiger partial charge in [0.2, 0.25) is 10.0 Å². The Morgan fingerprint density at radius 3 is 2.74 bits per heavy atom. The van der Waals surface area contributed by atoms with E-state index >= 15 is 0 Å². The van der Waals surface area contributed by atoms with Crippen LogP contribution in [0.4, 0.5) is 0 Å². The quantitative estimate of drug-likeness (QED) is 0.760. The molecule has 0 unspecified atom stereocenters. The van der Waals surface area contributed by atoms with Crippen LogP contribution in [-0.4, -0.2) is 21.0 Å². The normalized spacial score (nSPS) is 16.5. The second-order valence-corrected chi connectivity index (χ2v) is 7.71. The first-order chi connectivity index (χ1) is 9.04. The molecule has 0 amide bonds. The fourth-order valence-corrected chi connectivity index (χ4v) is 5.24. The molecular weight excluding hydrogens is 280 g/mol. The average Bonchev–Trinajstić information content (AvgIpc) is 2.67. The van der Waals surface area contributed by atoms with E-state index in [0.29, 0.717) is 11.4 Å². The van der Waals surface area contributed by atoms with Gasteiger partial charge in [-0.3, -0.25) is 0 Å². The van der Waals surface area contributed by atoms with Crippen LogP contribution in [0.5, 0.6) is 0 Å². The van der Waals surface area contributed by atoms with Crippen molar-refractivity contribution < 1.29 is 8.42 Å². The monoisotopic (exact) mass is 302 g/mol. The van der Waals surface area contributed by atoms with E-state index in [9.17, 15) is 8.42 Å². The number of hydrogen-bond acceptors (Lipinski definition) is 4. The van der Waals surface area contributed by atoms with Gasteiger partial charge in [-0.15, -0.1) is 11.3 Å². The molecule has 1 fully saturated rings. The second-order valence-electron chi connectivity index (χ2n) is 5.10. The Morgan fingerprint density at radius 1 is 1.42 bits per heavy atom. The molecule has 1 saturated carbocycles. The van der Waals surface area contributed by atoms with E-state index < -0.39 is 10.0 Å². The molecule has 19 heavy (non-hydrogen) atoms. The molecular formula is C13H22N2O2S2. The molecule has 1 aliphatic carbocycles. The largest absolute Gasteiger partial charge is 0.312 e. The minimum atomic E-state index is -3.36. The maximum Gasteiger partial charge on any atom is 0.242 e. The summed E-state index contributed by atoms with van der Waals surface area (Å²) in [6.07, 6.45) is 4.10. The molecule has 1 heterocycles. The molecule has 6 heteroatoms. The molecule has 1 aliphatic rings. The molecule has 0 aromatic carbocycles. The van der Waals surface area contributed by atoms with Crippen LogP contribution in [0.25, 0.3) is 0 Å². The van der Waals surface area contributed by atoms with Crippen LogP contribution in [0.1, 0.15) is 43.0 Å². The number of rotatable bonds is 7. The third kappa shape index (κ3) is 3.56. The lowest BCUT2D eigenvalue weighted by Crippen LogP contribution is -2.39. The molecule has 0 aliphatic heterocycles. The summed E-state index contributed by atoms with van der Waals surface area (Å²) in [7, 11) is -3.36. The molecule has 2 N–H and O–H groups in total. The fourth-order valence-electron chi connectivity index (χ4n) is 2.15. The van der Waals surface area contributed by atoms with Crippen LogP contribution in [0.2, 0.25) is 0 Å². The summed E-state index contributed by atoms with van der Waals surface area (Å²) in [5.41, 5.74) is 0.852. The van der Waals surface area contributed by atoms with Crippen molar-refractivity contribution in [3.63, 3.8) is 0 Å². The molecule has 1 aromatic heterocycles. The smallest absolute Gasteiger partial charge is 0.242 e.